The molecule has 0 aliphatic carbocycles. The van der Waals surface area contributed by atoms with Crippen molar-refractivity contribution >= 4 is 38.3 Å². The summed E-state index contributed by atoms with van der Waals surface area (Å²) in [7, 11) is 3.20. The molecular formula is C19H17BrN2O4S. The van der Waals surface area contributed by atoms with Crippen molar-refractivity contribution in [1.82, 2.24) is 4.98 Å². The molecule has 0 unspecified atom stereocenters. The summed E-state index contributed by atoms with van der Waals surface area (Å²) < 4.78 is 16.9. The minimum absolute atomic E-state index is 0.111. The first-order valence-electron chi connectivity index (χ1n) is 7.96. The first-order chi connectivity index (χ1) is 13.1. The lowest BCUT2D eigenvalue weighted by molar-refractivity contribution is -0.118. The van der Waals surface area contributed by atoms with Crippen LogP contribution in [0.1, 0.15) is 0 Å². The molecule has 0 spiro atoms. The van der Waals surface area contributed by atoms with Crippen LogP contribution in [0.4, 0.5) is 5.13 Å². The van der Waals surface area contributed by atoms with E-state index in [1.165, 1.54) is 11.3 Å². The van der Waals surface area contributed by atoms with Crippen molar-refractivity contribution in [2.75, 3.05) is 26.1 Å². The Hall–Kier alpha value is -2.58. The molecule has 0 bridgehead atoms. The highest BCUT2D eigenvalue weighted by molar-refractivity contribution is 9.10. The molecule has 0 radical (unpaired) electrons. The molecule has 0 saturated carbocycles. The van der Waals surface area contributed by atoms with E-state index in [9.17, 15) is 4.79 Å². The number of nitrogens with zero attached hydrogens (tertiary/aromatic N) is 1. The summed E-state index contributed by atoms with van der Waals surface area (Å²) in [4.78, 5) is 16.6. The molecule has 0 aliphatic rings. The number of carbonyl (C=O) groups excluding carboxylic acids is 1. The van der Waals surface area contributed by atoms with Crippen molar-refractivity contribution in [3.05, 3.63) is 52.3 Å². The lowest BCUT2D eigenvalue weighted by Gasteiger charge is -2.08. The standard InChI is InChI=1S/C19H17BrN2O4S/c1-24-12-7-8-16(25-2)13(9-12)15-11-27-19(21-15)22-18(23)10-26-17-6-4-3-5-14(17)20/h3-9,11H,10H2,1-2H3,(H,21,22,23). The van der Waals surface area contributed by atoms with E-state index in [0.29, 0.717) is 28.1 Å². The summed E-state index contributed by atoms with van der Waals surface area (Å²) in [6.07, 6.45) is 0. The van der Waals surface area contributed by atoms with Gasteiger partial charge in [-0.05, 0) is 46.3 Å². The van der Waals surface area contributed by atoms with Gasteiger partial charge in [0.1, 0.15) is 17.2 Å². The summed E-state index contributed by atoms with van der Waals surface area (Å²) in [6, 6.07) is 12.8. The maximum absolute atomic E-state index is 12.1. The zero-order valence-electron chi connectivity index (χ0n) is 14.7. The third kappa shape index (κ3) is 4.78. The molecule has 6 nitrogen and oxygen atoms in total. The van der Waals surface area contributed by atoms with Crippen LogP contribution in [0.5, 0.6) is 17.2 Å². The van der Waals surface area contributed by atoms with Crippen molar-refractivity contribution in [3.8, 4) is 28.5 Å². The van der Waals surface area contributed by atoms with Crippen LogP contribution in [0.3, 0.4) is 0 Å². The summed E-state index contributed by atoms with van der Waals surface area (Å²) in [5.41, 5.74) is 1.48. The molecule has 1 amide bonds. The monoisotopic (exact) mass is 448 g/mol. The Bertz CT molecular complexity index is 945. The van der Waals surface area contributed by atoms with E-state index in [2.05, 4.69) is 26.2 Å². The molecule has 1 heterocycles. The number of anilines is 1. The molecule has 0 atom stereocenters. The second kappa shape index (κ2) is 8.88. The Morgan fingerprint density at radius 1 is 1.15 bits per heavy atom. The number of para-hydroxylation sites is 1. The Balaban J connectivity index is 1.67. The Morgan fingerprint density at radius 2 is 1.96 bits per heavy atom. The number of carbonyl (C=O) groups is 1. The van der Waals surface area contributed by atoms with Crippen LogP contribution in [0.2, 0.25) is 0 Å². The van der Waals surface area contributed by atoms with Crippen LogP contribution in [-0.4, -0.2) is 31.7 Å². The summed E-state index contributed by atoms with van der Waals surface area (Å²) in [5.74, 6) is 1.69. The fourth-order valence-electron chi connectivity index (χ4n) is 2.33. The molecule has 8 heteroatoms. The van der Waals surface area contributed by atoms with Crippen LogP contribution in [-0.2, 0) is 4.79 Å². The van der Waals surface area contributed by atoms with Crippen LogP contribution < -0.4 is 19.5 Å². The van der Waals surface area contributed by atoms with Gasteiger partial charge < -0.3 is 14.2 Å². The number of ether oxygens (including phenoxy) is 3. The molecule has 1 N–H and O–H groups in total. The first-order valence-corrected chi connectivity index (χ1v) is 9.63. The van der Waals surface area contributed by atoms with Gasteiger partial charge in [-0.15, -0.1) is 11.3 Å². The predicted molar refractivity (Wildman–Crippen MR) is 109 cm³/mol. The number of halogens is 1. The van der Waals surface area contributed by atoms with Gasteiger partial charge in [0, 0.05) is 10.9 Å². The maximum Gasteiger partial charge on any atom is 0.264 e. The summed E-state index contributed by atoms with van der Waals surface area (Å²) in [5, 5.41) is 5.07. The topological polar surface area (TPSA) is 69.7 Å². The van der Waals surface area contributed by atoms with Crippen LogP contribution >= 0.6 is 27.3 Å². The second-order valence-corrected chi connectivity index (χ2v) is 7.08. The lowest BCUT2D eigenvalue weighted by Crippen LogP contribution is -2.20. The third-order valence-electron chi connectivity index (χ3n) is 3.63. The number of rotatable bonds is 7. The SMILES string of the molecule is COc1ccc(OC)c(-c2csc(NC(=O)COc3ccccc3Br)n2)c1. The van der Waals surface area contributed by atoms with Gasteiger partial charge in [-0.3, -0.25) is 10.1 Å². The number of methoxy groups -OCH3 is 2. The van der Waals surface area contributed by atoms with Crippen LogP contribution in [0, 0.1) is 0 Å². The number of hydrogen-bond acceptors (Lipinski definition) is 6. The zero-order valence-corrected chi connectivity index (χ0v) is 17.1. The molecule has 2 aromatic carbocycles. The molecule has 1 aromatic heterocycles. The van der Waals surface area contributed by atoms with E-state index >= 15 is 0 Å². The van der Waals surface area contributed by atoms with Crippen LogP contribution in [0.25, 0.3) is 11.3 Å². The molecule has 3 rings (SSSR count). The normalized spacial score (nSPS) is 10.3. The molecule has 0 saturated heterocycles. The number of aromatic nitrogens is 1. The molecule has 0 aliphatic heterocycles. The highest BCUT2D eigenvalue weighted by Gasteiger charge is 2.13. The van der Waals surface area contributed by atoms with Crippen molar-refractivity contribution < 1.29 is 19.0 Å². The van der Waals surface area contributed by atoms with Crippen molar-refractivity contribution in [3.63, 3.8) is 0 Å². The number of hydrogen-bond donors (Lipinski definition) is 1. The lowest BCUT2D eigenvalue weighted by atomic mass is 10.1. The molecule has 27 heavy (non-hydrogen) atoms. The highest BCUT2D eigenvalue weighted by atomic mass is 79.9. The van der Waals surface area contributed by atoms with Crippen molar-refractivity contribution in [2.45, 2.75) is 0 Å². The average molecular weight is 449 g/mol. The Morgan fingerprint density at radius 3 is 2.70 bits per heavy atom. The van der Waals surface area contributed by atoms with E-state index in [-0.39, 0.29) is 12.5 Å². The maximum atomic E-state index is 12.1. The molecule has 3 aromatic rings. The predicted octanol–water partition coefficient (Wildman–Crippen LogP) is 4.61. The fraction of sp³-hybridized carbons (Fsp3) is 0.158. The van der Waals surface area contributed by atoms with E-state index < -0.39 is 0 Å². The first kappa shape index (κ1) is 19.2. The number of benzene rings is 2. The number of amides is 1. The minimum Gasteiger partial charge on any atom is -0.497 e. The Labute approximate surface area is 169 Å². The van der Waals surface area contributed by atoms with Gasteiger partial charge in [0.15, 0.2) is 11.7 Å². The van der Waals surface area contributed by atoms with Crippen molar-refractivity contribution in [1.29, 1.82) is 0 Å². The van der Waals surface area contributed by atoms with Gasteiger partial charge >= 0.3 is 0 Å². The van der Waals surface area contributed by atoms with E-state index in [0.717, 1.165) is 10.0 Å². The van der Waals surface area contributed by atoms with E-state index in [4.69, 9.17) is 14.2 Å². The second-order valence-electron chi connectivity index (χ2n) is 5.37. The zero-order chi connectivity index (χ0) is 19.2. The van der Waals surface area contributed by atoms with Gasteiger partial charge in [0.2, 0.25) is 0 Å². The van der Waals surface area contributed by atoms with Gasteiger partial charge in [0.05, 0.1) is 24.4 Å². The summed E-state index contributed by atoms with van der Waals surface area (Å²) in [6.45, 7) is -0.111. The molecule has 140 valence electrons. The third-order valence-corrected chi connectivity index (χ3v) is 5.04. The average Bonchev–Trinajstić information content (AvgIpc) is 3.15. The van der Waals surface area contributed by atoms with Crippen LogP contribution in [0.15, 0.2) is 52.3 Å². The summed E-state index contributed by atoms with van der Waals surface area (Å²) >= 11 is 4.70. The highest BCUT2D eigenvalue weighted by Crippen LogP contribution is 2.35. The van der Waals surface area contributed by atoms with E-state index in [1.807, 2.05) is 41.8 Å². The quantitative estimate of drug-likeness (QED) is 0.571. The van der Waals surface area contributed by atoms with Crippen molar-refractivity contribution in [2.24, 2.45) is 0 Å². The van der Waals surface area contributed by atoms with Gasteiger partial charge in [-0.2, -0.15) is 0 Å². The molecular weight excluding hydrogens is 432 g/mol. The smallest absolute Gasteiger partial charge is 0.264 e. The van der Waals surface area contributed by atoms with E-state index in [1.54, 1.807) is 20.3 Å². The van der Waals surface area contributed by atoms with Gasteiger partial charge in [-0.25, -0.2) is 4.98 Å². The minimum atomic E-state index is -0.288. The fourth-order valence-corrected chi connectivity index (χ4v) is 3.46. The van der Waals surface area contributed by atoms with Gasteiger partial charge in [0.25, 0.3) is 5.91 Å². The number of nitrogens with one attached hydrogen (secondary N) is 1. The number of thiazole rings is 1. The Kier molecular flexibility index (Phi) is 6.31. The van der Waals surface area contributed by atoms with Gasteiger partial charge in [-0.1, -0.05) is 12.1 Å². The molecule has 0 fully saturated rings. The largest absolute Gasteiger partial charge is 0.497 e.